The molecule has 0 aliphatic carbocycles. The third kappa shape index (κ3) is 2.81. The van der Waals surface area contributed by atoms with Gasteiger partial charge in [0.25, 0.3) is 18.4 Å². The van der Waals surface area contributed by atoms with Gasteiger partial charge in [-0.15, -0.1) is 0 Å². The van der Waals surface area contributed by atoms with E-state index < -0.39 is 24.0 Å². The molecule has 0 bridgehead atoms. The molecule has 0 unspecified atom stereocenters. The summed E-state index contributed by atoms with van der Waals surface area (Å²) in [6, 6.07) is 0. The SMILES string of the molecule is CC(F)(F)C(=C(F)F)C(F)F. The quantitative estimate of drug-likeness (QED) is 0.570. The summed E-state index contributed by atoms with van der Waals surface area (Å²) in [6.07, 6.45) is -6.84. The number of halogens is 6. The van der Waals surface area contributed by atoms with Crippen molar-refractivity contribution >= 4 is 0 Å². The Bertz CT molecular complexity index is 160. The van der Waals surface area contributed by atoms with Crippen LogP contribution in [-0.4, -0.2) is 12.3 Å². The van der Waals surface area contributed by atoms with E-state index in [9.17, 15) is 26.3 Å². The van der Waals surface area contributed by atoms with Crippen molar-refractivity contribution in [3.63, 3.8) is 0 Å². The maximum Gasteiger partial charge on any atom is 0.281 e. The Labute approximate surface area is 58.5 Å². The lowest BCUT2D eigenvalue weighted by atomic mass is 10.2. The summed E-state index contributed by atoms with van der Waals surface area (Å²) in [5.41, 5.74) is -2.41. The van der Waals surface area contributed by atoms with Gasteiger partial charge >= 0.3 is 0 Å². The highest BCUT2D eigenvalue weighted by atomic mass is 19.3. The highest BCUT2D eigenvalue weighted by molar-refractivity contribution is 5.14. The van der Waals surface area contributed by atoms with Crippen molar-refractivity contribution in [3.8, 4) is 0 Å². The lowest BCUT2D eigenvalue weighted by Gasteiger charge is -2.12. The number of hydrogen-bond donors (Lipinski definition) is 0. The van der Waals surface area contributed by atoms with Gasteiger partial charge in [0.05, 0.1) is 0 Å². The lowest BCUT2D eigenvalue weighted by molar-refractivity contribution is 0.0175. The Morgan fingerprint density at radius 3 is 1.55 bits per heavy atom. The smallest absolute Gasteiger partial charge is 0.205 e. The fourth-order valence-electron chi connectivity index (χ4n) is 0.440. The zero-order chi connectivity index (χ0) is 9.23. The summed E-state index contributed by atoms with van der Waals surface area (Å²) < 4.78 is 69.3. The van der Waals surface area contributed by atoms with Crippen LogP contribution in [-0.2, 0) is 0 Å². The Hall–Kier alpha value is -0.680. The molecule has 66 valence electrons. The second kappa shape index (κ2) is 3.15. The first-order chi connectivity index (χ1) is 4.76. The van der Waals surface area contributed by atoms with Gasteiger partial charge in [0, 0.05) is 6.92 Å². The van der Waals surface area contributed by atoms with Crippen LogP contribution in [0.25, 0.3) is 0 Å². The molecular formula is C5H4F6. The van der Waals surface area contributed by atoms with Crippen molar-refractivity contribution in [2.45, 2.75) is 19.3 Å². The van der Waals surface area contributed by atoms with Crippen molar-refractivity contribution in [3.05, 3.63) is 11.7 Å². The average molecular weight is 178 g/mol. The fourth-order valence-corrected chi connectivity index (χ4v) is 0.440. The molecular weight excluding hydrogens is 174 g/mol. The van der Waals surface area contributed by atoms with Gasteiger partial charge < -0.3 is 0 Å². The van der Waals surface area contributed by atoms with Crippen LogP contribution in [0.4, 0.5) is 26.3 Å². The van der Waals surface area contributed by atoms with E-state index in [2.05, 4.69) is 0 Å². The van der Waals surface area contributed by atoms with E-state index in [0.29, 0.717) is 0 Å². The van der Waals surface area contributed by atoms with Crippen molar-refractivity contribution in [1.82, 2.24) is 0 Å². The minimum absolute atomic E-state index is 0.00630. The number of hydrogen-bond acceptors (Lipinski definition) is 0. The van der Waals surface area contributed by atoms with Crippen LogP contribution in [0.15, 0.2) is 11.7 Å². The van der Waals surface area contributed by atoms with Crippen LogP contribution in [0, 0.1) is 0 Å². The molecule has 11 heavy (non-hydrogen) atoms. The van der Waals surface area contributed by atoms with Gasteiger partial charge in [0.1, 0.15) is 5.57 Å². The van der Waals surface area contributed by atoms with E-state index in [1.807, 2.05) is 0 Å². The molecule has 0 N–H and O–H groups in total. The lowest BCUT2D eigenvalue weighted by Crippen LogP contribution is -2.20. The standard InChI is InChI=1S/C5H4F6/c1-5(10,11)2(3(6)7)4(8)9/h3H,1H3. The molecule has 0 nitrogen and oxygen atoms in total. The van der Waals surface area contributed by atoms with Crippen molar-refractivity contribution in [2.75, 3.05) is 0 Å². The van der Waals surface area contributed by atoms with Crippen LogP contribution >= 0.6 is 0 Å². The molecule has 0 radical (unpaired) electrons. The maximum absolute atomic E-state index is 11.9. The number of rotatable bonds is 2. The second-order valence-corrected chi connectivity index (χ2v) is 1.86. The summed E-state index contributed by atoms with van der Waals surface area (Å²) in [7, 11) is 0. The van der Waals surface area contributed by atoms with Crippen molar-refractivity contribution < 1.29 is 26.3 Å². The minimum atomic E-state index is -4.16. The zero-order valence-electron chi connectivity index (χ0n) is 5.35. The first-order valence-electron chi connectivity index (χ1n) is 2.48. The van der Waals surface area contributed by atoms with Gasteiger partial charge in [-0.1, -0.05) is 0 Å². The van der Waals surface area contributed by atoms with Crippen LogP contribution in [0.3, 0.4) is 0 Å². The summed E-state index contributed by atoms with van der Waals surface area (Å²) >= 11 is 0. The Morgan fingerprint density at radius 2 is 1.55 bits per heavy atom. The van der Waals surface area contributed by atoms with E-state index in [1.54, 1.807) is 0 Å². The summed E-state index contributed by atoms with van der Waals surface area (Å²) in [5.74, 6) is -4.16. The summed E-state index contributed by atoms with van der Waals surface area (Å²) in [5, 5.41) is 0. The van der Waals surface area contributed by atoms with E-state index in [4.69, 9.17) is 0 Å². The second-order valence-electron chi connectivity index (χ2n) is 1.86. The van der Waals surface area contributed by atoms with E-state index >= 15 is 0 Å². The predicted molar refractivity (Wildman–Crippen MR) is 25.9 cm³/mol. The molecule has 0 aliphatic rings. The van der Waals surface area contributed by atoms with Gasteiger partial charge in [-0.2, -0.15) is 8.78 Å². The molecule has 0 fully saturated rings. The zero-order valence-corrected chi connectivity index (χ0v) is 5.35. The molecule has 0 heterocycles. The predicted octanol–water partition coefficient (Wildman–Crippen LogP) is 3.06. The van der Waals surface area contributed by atoms with Gasteiger partial charge in [0.2, 0.25) is 0 Å². The number of alkyl halides is 4. The summed E-state index contributed by atoms with van der Waals surface area (Å²) in [6.45, 7) is -0.00630. The Kier molecular flexibility index (Phi) is 2.95. The highest BCUT2D eigenvalue weighted by Gasteiger charge is 2.38. The first kappa shape index (κ1) is 10.3. The monoisotopic (exact) mass is 178 g/mol. The molecule has 0 aromatic carbocycles. The van der Waals surface area contributed by atoms with Gasteiger partial charge in [0.15, 0.2) is 0 Å². The van der Waals surface area contributed by atoms with Crippen LogP contribution in [0.2, 0.25) is 0 Å². The third-order valence-electron chi connectivity index (χ3n) is 0.895. The highest BCUT2D eigenvalue weighted by Crippen LogP contribution is 2.31. The van der Waals surface area contributed by atoms with Gasteiger partial charge in [-0.25, -0.2) is 17.6 Å². The molecule has 0 amide bonds. The largest absolute Gasteiger partial charge is 0.281 e. The third-order valence-corrected chi connectivity index (χ3v) is 0.895. The fraction of sp³-hybridized carbons (Fsp3) is 0.600. The minimum Gasteiger partial charge on any atom is -0.205 e. The molecule has 0 aromatic rings. The summed E-state index contributed by atoms with van der Waals surface area (Å²) in [4.78, 5) is 0. The van der Waals surface area contributed by atoms with Gasteiger partial charge in [-0.3, -0.25) is 0 Å². The maximum atomic E-state index is 11.9. The first-order valence-corrected chi connectivity index (χ1v) is 2.48. The Morgan fingerprint density at radius 1 is 1.18 bits per heavy atom. The molecule has 0 rings (SSSR count). The molecule has 0 aromatic heterocycles. The normalized spacial score (nSPS) is 12.0. The topological polar surface area (TPSA) is 0 Å². The Balaban J connectivity index is 4.80. The molecule has 0 saturated heterocycles. The molecule has 6 heteroatoms. The van der Waals surface area contributed by atoms with Crippen LogP contribution in [0.1, 0.15) is 6.92 Å². The molecule has 0 atom stereocenters. The van der Waals surface area contributed by atoms with E-state index in [0.717, 1.165) is 0 Å². The van der Waals surface area contributed by atoms with E-state index in [-0.39, 0.29) is 6.92 Å². The average Bonchev–Trinajstić information content (AvgIpc) is 1.54. The van der Waals surface area contributed by atoms with Gasteiger partial charge in [-0.05, 0) is 0 Å². The molecule has 0 spiro atoms. The van der Waals surface area contributed by atoms with Crippen molar-refractivity contribution in [1.29, 1.82) is 0 Å². The van der Waals surface area contributed by atoms with E-state index in [1.165, 1.54) is 0 Å². The molecule has 0 saturated carbocycles. The number of allylic oxidation sites excluding steroid dienone is 1. The van der Waals surface area contributed by atoms with Crippen LogP contribution in [0.5, 0.6) is 0 Å². The van der Waals surface area contributed by atoms with Crippen molar-refractivity contribution in [2.24, 2.45) is 0 Å². The molecule has 0 aliphatic heterocycles. The van der Waals surface area contributed by atoms with Crippen LogP contribution < -0.4 is 0 Å².